The van der Waals surface area contributed by atoms with E-state index in [0.717, 1.165) is 22.2 Å². The summed E-state index contributed by atoms with van der Waals surface area (Å²) in [5, 5.41) is 5.83. The summed E-state index contributed by atoms with van der Waals surface area (Å²) in [6.45, 7) is 6.30. The molecule has 0 fully saturated rings. The van der Waals surface area contributed by atoms with Crippen LogP contribution < -0.4 is 5.32 Å². The first-order valence-corrected chi connectivity index (χ1v) is 7.45. The smallest absolute Gasteiger partial charge is 0.261 e. The van der Waals surface area contributed by atoms with Crippen LogP contribution in [0.25, 0.3) is 0 Å². The average molecular weight is 304 g/mol. The molecule has 90 valence electrons. The Hall–Kier alpha value is -0.350. The van der Waals surface area contributed by atoms with Crippen LogP contribution in [0.15, 0.2) is 11.4 Å². The van der Waals surface area contributed by atoms with Crippen LogP contribution in [0.1, 0.15) is 35.5 Å². The van der Waals surface area contributed by atoms with Crippen molar-refractivity contribution in [1.82, 2.24) is 5.32 Å². The van der Waals surface area contributed by atoms with Crippen LogP contribution >= 0.6 is 27.3 Å². The quantitative estimate of drug-likeness (QED) is 0.828. The van der Waals surface area contributed by atoms with Crippen molar-refractivity contribution in [2.45, 2.75) is 33.2 Å². The molecule has 1 aromatic heterocycles. The van der Waals surface area contributed by atoms with Gasteiger partial charge in [-0.25, -0.2) is 0 Å². The molecule has 1 rings (SSSR count). The van der Waals surface area contributed by atoms with Gasteiger partial charge in [-0.15, -0.1) is 11.3 Å². The van der Waals surface area contributed by atoms with Crippen LogP contribution in [-0.4, -0.2) is 17.3 Å². The number of alkyl halides is 1. The largest absolute Gasteiger partial charge is 0.348 e. The molecule has 4 heteroatoms. The van der Waals surface area contributed by atoms with Gasteiger partial charge in [0.15, 0.2) is 0 Å². The lowest BCUT2D eigenvalue weighted by Crippen LogP contribution is -2.36. The molecule has 1 heterocycles. The van der Waals surface area contributed by atoms with Gasteiger partial charge in [0, 0.05) is 11.4 Å². The summed E-state index contributed by atoms with van der Waals surface area (Å²) in [6.07, 6.45) is 1.00. The van der Waals surface area contributed by atoms with Crippen LogP contribution in [0, 0.1) is 12.8 Å². The van der Waals surface area contributed by atoms with Gasteiger partial charge in [-0.2, -0.15) is 0 Å². The summed E-state index contributed by atoms with van der Waals surface area (Å²) in [5.41, 5.74) is 1.06. The molecule has 0 saturated carbocycles. The van der Waals surface area contributed by atoms with E-state index >= 15 is 0 Å². The maximum atomic E-state index is 12.0. The molecule has 0 aliphatic heterocycles. The second kappa shape index (κ2) is 6.40. The fraction of sp³-hybridized carbons (Fsp3) is 0.583. The average Bonchev–Trinajstić information content (AvgIpc) is 2.62. The lowest BCUT2D eigenvalue weighted by atomic mass is 10.1. The molecule has 0 aromatic carbocycles. The Balaban J connectivity index is 2.59. The van der Waals surface area contributed by atoms with Crippen LogP contribution in [0.4, 0.5) is 0 Å². The van der Waals surface area contributed by atoms with Crippen LogP contribution in [0.3, 0.4) is 0 Å². The van der Waals surface area contributed by atoms with Crippen molar-refractivity contribution in [2.24, 2.45) is 5.92 Å². The molecule has 1 N–H and O–H groups in total. The van der Waals surface area contributed by atoms with Gasteiger partial charge in [0.2, 0.25) is 0 Å². The highest BCUT2D eigenvalue weighted by Gasteiger charge is 2.16. The first-order chi connectivity index (χ1) is 7.54. The first-order valence-electron chi connectivity index (χ1n) is 5.45. The van der Waals surface area contributed by atoms with Gasteiger partial charge in [-0.05, 0) is 36.3 Å². The molecule has 0 saturated heterocycles. The highest BCUT2D eigenvalue weighted by molar-refractivity contribution is 9.09. The van der Waals surface area contributed by atoms with E-state index in [1.165, 1.54) is 11.3 Å². The van der Waals surface area contributed by atoms with Crippen molar-refractivity contribution >= 4 is 33.2 Å². The number of carbonyl (C=O) groups is 1. The Morgan fingerprint density at radius 3 is 2.69 bits per heavy atom. The monoisotopic (exact) mass is 303 g/mol. The molecule has 16 heavy (non-hydrogen) atoms. The lowest BCUT2D eigenvalue weighted by Gasteiger charge is -2.18. The van der Waals surface area contributed by atoms with Gasteiger partial charge < -0.3 is 5.32 Å². The SMILES string of the molecule is Cc1ccsc1C(=O)NC(CBr)CC(C)C. The molecule has 1 atom stereocenters. The summed E-state index contributed by atoms with van der Waals surface area (Å²) >= 11 is 4.94. The predicted molar refractivity (Wildman–Crippen MR) is 73.6 cm³/mol. The number of aryl methyl sites for hydroxylation is 1. The van der Waals surface area contributed by atoms with Gasteiger partial charge in [0.1, 0.15) is 0 Å². The zero-order chi connectivity index (χ0) is 12.1. The van der Waals surface area contributed by atoms with E-state index in [9.17, 15) is 4.79 Å². The molecule has 0 aliphatic carbocycles. The van der Waals surface area contributed by atoms with Crippen molar-refractivity contribution in [3.05, 3.63) is 21.9 Å². The third-order valence-corrected chi connectivity index (χ3v) is 4.14. The number of hydrogen-bond acceptors (Lipinski definition) is 2. The molecule has 1 amide bonds. The normalized spacial score (nSPS) is 12.8. The molecular weight excluding hydrogens is 286 g/mol. The summed E-state index contributed by atoms with van der Waals surface area (Å²) in [7, 11) is 0. The zero-order valence-electron chi connectivity index (χ0n) is 9.92. The van der Waals surface area contributed by atoms with Crippen molar-refractivity contribution in [3.8, 4) is 0 Å². The minimum absolute atomic E-state index is 0.0533. The Bertz CT molecular complexity index is 349. The minimum atomic E-state index is 0.0533. The Kier molecular flexibility index (Phi) is 5.49. The van der Waals surface area contributed by atoms with E-state index in [4.69, 9.17) is 0 Å². The predicted octanol–water partition coefficient (Wildman–Crippen LogP) is 3.60. The van der Waals surface area contributed by atoms with E-state index in [1.54, 1.807) is 0 Å². The van der Waals surface area contributed by atoms with Crippen LogP contribution in [-0.2, 0) is 0 Å². The molecule has 0 bridgehead atoms. The molecule has 1 aromatic rings. The van der Waals surface area contributed by atoms with Crippen molar-refractivity contribution in [2.75, 3.05) is 5.33 Å². The number of nitrogens with one attached hydrogen (secondary N) is 1. The fourth-order valence-electron chi connectivity index (χ4n) is 1.59. The zero-order valence-corrected chi connectivity index (χ0v) is 12.3. The van der Waals surface area contributed by atoms with Gasteiger partial charge >= 0.3 is 0 Å². The number of thiophene rings is 1. The van der Waals surface area contributed by atoms with Gasteiger partial charge in [0.25, 0.3) is 5.91 Å². The molecule has 2 nitrogen and oxygen atoms in total. The number of carbonyl (C=O) groups excluding carboxylic acids is 1. The summed E-state index contributed by atoms with van der Waals surface area (Å²) in [4.78, 5) is 12.8. The maximum absolute atomic E-state index is 12.0. The third-order valence-electron chi connectivity index (χ3n) is 2.35. The van der Waals surface area contributed by atoms with E-state index in [0.29, 0.717) is 5.92 Å². The van der Waals surface area contributed by atoms with Crippen LogP contribution in [0.2, 0.25) is 0 Å². The number of amides is 1. The van der Waals surface area contributed by atoms with Gasteiger partial charge in [0.05, 0.1) is 4.88 Å². The highest BCUT2D eigenvalue weighted by atomic mass is 79.9. The maximum Gasteiger partial charge on any atom is 0.261 e. The Morgan fingerprint density at radius 2 is 2.25 bits per heavy atom. The van der Waals surface area contributed by atoms with Gasteiger partial charge in [-0.1, -0.05) is 29.8 Å². The van der Waals surface area contributed by atoms with Crippen molar-refractivity contribution in [3.63, 3.8) is 0 Å². The summed E-state index contributed by atoms with van der Waals surface area (Å²) in [5.74, 6) is 0.643. The number of rotatable bonds is 5. The van der Waals surface area contributed by atoms with E-state index in [-0.39, 0.29) is 11.9 Å². The van der Waals surface area contributed by atoms with Crippen molar-refractivity contribution < 1.29 is 4.79 Å². The van der Waals surface area contributed by atoms with E-state index in [2.05, 4.69) is 35.1 Å². The first kappa shape index (κ1) is 13.7. The topological polar surface area (TPSA) is 29.1 Å². The highest BCUT2D eigenvalue weighted by Crippen LogP contribution is 2.16. The van der Waals surface area contributed by atoms with Gasteiger partial charge in [-0.3, -0.25) is 4.79 Å². The second-order valence-corrected chi connectivity index (χ2v) is 5.95. The number of halogens is 1. The van der Waals surface area contributed by atoms with Crippen LogP contribution in [0.5, 0.6) is 0 Å². The summed E-state index contributed by atoms with van der Waals surface area (Å²) < 4.78 is 0. The van der Waals surface area contributed by atoms with Crippen molar-refractivity contribution in [1.29, 1.82) is 0 Å². The fourth-order valence-corrected chi connectivity index (χ4v) is 2.84. The summed E-state index contributed by atoms with van der Waals surface area (Å²) in [6, 6.07) is 2.19. The van der Waals surface area contributed by atoms with E-state index < -0.39 is 0 Å². The lowest BCUT2D eigenvalue weighted by molar-refractivity contribution is 0.0941. The standard InChI is InChI=1S/C12H18BrNOS/c1-8(2)6-10(7-13)14-12(15)11-9(3)4-5-16-11/h4-5,8,10H,6-7H2,1-3H3,(H,14,15). The Labute approximate surface area is 110 Å². The third kappa shape index (κ3) is 3.91. The number of hydrogen-bond donors (Lipinski definition) is 1. The minimum Gasteiger partial charge on any atom is -0.348 e. The molecule has 1 unspecified atom stereocenters. The van der Waals surface area contributed by atoms with E-state index in [1.807, 2.05) is 18.4 Å². The molecular formula is C12H18BrNOS. The molecule has 0 aliphatic rings. The molecule has 0 spiro atoms. The second-order valence-electron chi connectivity index (χ2n) is 4.39. The molecule has 0 radical (unpaired) electrons. The Morgan fingerprint density at radius 1 is 1.56 bits per heavy atom.